The van der Waals surface area contributed by atoms with Crippen molar-refractivity contribution in [2.24, 2.45) is 0 Å². The van der Waals surface area contributed by atoms with Gasteiger partial charge in [-0.15, -0.1) is 11.3 Å². The van der Waals surface area contributed by atoms with Crippen molar-refractivity contribution in [1.82, 2.24) is 15.8 Å². The van der Waals surface area contributed by atoms with E-state index in [0.29, 0.717) is 10.6 Å². The molecule has 0 spiro atoms. The van der Waals surface area contributed by atoms with Gasteiger partial charge < -0.3 is 20.3 Å². The van der Waals surface area contributed by atoms with E-state index in [9.17, 15) is 29.4 Å². The van der Waals surface area contributed by atoms with Crippen LogP contribution in [0.2, 0.25) is 5.02 Å². The molecule has 0 unspecified atom stereocenters. The number of hydrogen-bond acceptors (Lipinski definition) is 8. The number of phenolic OH excluding ortho intramolecular Hbond substituents is 1. The summed E-state index contributed by atoms with van der Waals surface area (Å²) in [6.45, 7) is 1.41. The fourth-order valence-corrected chi connectivity index (χ4v) is 4.11. The summed E-state index contributed by atoms with van der Waals surface area (Å²) < 4.78 is 5.14. The molecule has 0 radical (unpaired) electrons. The van der Waals surface area contributed by atoms with Crippen LogP contribution in [-0.2, 0) is 11.3 Å². The Morgan fingerprint density at radius 1 is 1.08 bits per heavy atom. The fourth-order valence-electron chi connectivity index (χ4n) is 3.08. The predicted molar refractivity (Wildman–Crippen MR) is 132 cm³/mol. The Balaban J connectivity index is 1.83. The monoisotopic (exact) mass is 531 g/mol. The van der Waals surface area contributed by atoms with Crippen molar-refractivity contribution in [3.63, 3.8) is 0 Å². The lowest BCUT2D eigenvalue weighted by Gasteiger charge is -2.24. The first-order valence-electron chi connectivity index (χ1n) is 10.5. The molecule has 4 N–H and O–H groups in total. The van der Waals surface area contributed by atoms with Crippen molar-refractivity contribution in [2.45, 2.75) is 19.5 Å². The van der Waals surface area contributed by atoms with Gasteiger partial charge in [0, 0.05) is 22.9 Å². The van der Waals surface area contributed by atoms with E-state index in [2.05, 4.69) is 10.7 Å². The maximum Gasteiger partial charge on any atom is 0.322 e. The number of rotatable bonds is 9. The highest BCUT2D eigenvalue weighted by Crippen LogP contribution is 2.26. The van der Waals surface area contributed by atoms with Crippen molar-refractivity contribution in [1.29, 1.82) is 0 Å². The van der Waals surface area contributed by atoms with E-state index in [-0.39, 0.29) is 39.8 Å². The molecule has 188 valence electrons. The predicted octanol–water partition coefficient (Wildman–Crippen LogP) is 3.31. The maximum absolute atomic E-state index is 13.3. The Labute approximate surface area is 215 Å². The summed E-state index contributed by atoms with van der Waals surface area (Å²) in [6, 6.07) is 8.99. The van der Waals surface area contributed by atoms with E-state index < -0.39 is 29.7 Å². The zero-order chi connectivity index (χ0) is 26.4. The van der Waals surface area contributed by atoms with Crippen molar-refractivity contribution >= 4 is 46.6 Å². The standard InChI is InChI=1S/C24H22ClN3O7S/c1-13(24(33)34)27-28(23(32)18-11-36-12-20(18)35-2)22(31)17-7-6-15(9-19(17)25)21(30)26-10-14-4-3-5-16(29)8-14/h3-9,11-13,27,29H,10H2,1-2H3,(H,26,30)(H,33,34)/t13-/m0/s1. The van der Waals surface area contributed by atoms with Crippen LogP contribution in [0.3, 0.4) is 0 Å². The lowest BCUT2D eigenvalue weighted by molar-refractivity contribution is -0.139. The molecule has 0 aliphatic rings. The average molecular weight is 532 g/mol. The first kappa shape index (κ1) is 26.7. The van der Waals surface area contributed by atoms with Gasteiger partial charge in [-0.05, 0) is 42.8 Å². The summed E-state index contributed by atoms with van der Waals surface area (Å²) in [6.07, 6.45) is 0. The summed E-state index contributed by atoms with van der Waals surface area (Å²) >= 11 is 7.47. The molecule has 3 amide bonds. The third-order valence-corrected chi connectivity index (χ3v) is 6.04. The molecule has 2 aromatic carbocycles. The molecule has 12 heteroatoms. The van der Waals surface area contributed by atoms with Gasteiger partial charge >= 0.3 is 5.97 Å². The van der Waals surface area contributed by atoms with Gasteiger partial charge in [0.15, 0.2) is 0 Å². The molecule has 10 nitrogen and oxygen atoms in total. The minimum atomic E-state index is -1.29. The van der Waals surface area contributed by atoms with E-state index in [4.69, 9.17) is 16.3 Å². The molecule has 0 saturated carbocycles. The number of methoxy groups -OCH3 is 1. The molecule has 0 saturated heterocycles. The number of imide groups is 1. The van der Waals surface area contributed by atoms with Gasteiger partial charge in [0.2, 0.25) is 0 Å². The number of amides is 3. The molecule has 0 aliphatic heterocycles. The number of benzene rings is 2. The molecule has 1 atom stereocenters. The Morgan fingerprint density at radius 2 is 1.81 bits per heavy atom. The highest BCUT2D eigenvalue weighted by molar-refractivity contribution is 7.08. The second-order valence-corrected chi connectivity index (χ2v) is 8.69. The number of phenols is 1. The number of nitrogens with zero attached hydrogens (tertiary/aromatic N) is 1. The van der Waals surface area contributed by atoms with Gasteiger partial charge in [-0.3, -0.25) is 19.2 Å². The number of thiophene rings is 1. The number of carbonyl (C=O) groups is 4. The van der Waals surface area contributed by atoms with Crippen LogP contribution in [0.15, 0.2) is 53.2 Å². The second-order valence-electron chi connectivity index (χ2n) is 7.54. The third-order valence-electron chi connectivity index (χ3n) is 5.00. The van der Waals surface area contributed by atoms with Gasteiger partial charge in [-0.2, -0.15) is 0 Å². The summed E-state index contributed by atoms with van der Waals surface area (Å²) in [5, 5.41) is 25.0. The zero-order valence-corrected chi connectivity index (χ0v) is 20.7. The van der Waals surface area contributed by atoms with E-state index in [1.54, 1.807) is 17.5 Å². The number of hydrogen-bond donors (Lipinski definition) is 4. The third kappa shape index (κ3) is 6.19. The van der Waals surface area contributed by atoms with Gasteiger partial charge in [-0.1, -0.05) is 23.7 Å². The SMILES string of the molecule is COc1cscc1C(=O)N(N[C@@H](C)C(=O)O)C(=O)c1ccc(C(=O)NCc2cccc(O)c2)cc1Cl. The highest BCUT2D eigenvalue weighted by Gasteiger charge is 2.31. The molecule has 0 fully saturated rings. The molecule has 3 aromatic rings. The molecule has 1 aromatic heterocycles. The van der Waals surface area contributed by atoms with Crippen molar-refractivity contribution < 1.29 is 34.1 Å². The van der Waals surface area contributed by atoms with Crippen LogP contribution in [-0.4, -0.2) is 52.1 Å². The highest BCUT2D eigenvalue weighted by atomic mass is 35.5. The number of aliphatic carboxylic acids is 1. The van der Waals surface area contributed by atoms with E-state index in [0.717, 1.165) is 0 Å². The van der Waals surface area contributed by atoms with Crippen LogP contribution in [0.5, 0.6) is 11.5 Å². The normalized spacial score (nSPS) is 11.4. The average Bonchev–Trinajstić information content (AvgIpc) is 3.33. The van der Waals surface area contributed by atoms with Crippen molar-refractivity contribution in [2.75, 3.05) is 7.11 Å². The quantitative estimate of drug-likeness (QED) is 0.243. The second kappa shape index (κ2) is 11.7. The van der Waals surface area contributed by atoms with Crippen LogP contribution in [0.1, 0.15) is 43.6 Å². The Bertz CT molecular complexity index is 1310. The Hall–Kier alpha value is -3.93. The number of aromatic hydroxyl groups is 1. The summed E-state index contributed by atoms with van der Waals surface area (Å²) in [5.74, 6) is -3.24. The van der Waals surface area contributed by atoms with Gasteiger partial charge in [0.05, 0.1) is 23.3 Å². The minimum absolute atomic E-state index is 0.0556. The van der Waals surface area contributed by atoms with Crippen LogP contribution < -0.4 is 15.5 Å². The van der Waals surface area contributed by atoms with Crippen LogP contribution in [0.25, 0.3) is 0 Å². The summed E-state index contributed by atoms with van der Waals surface area (Å²) in [7, 11) is 1.36. The Morgan fingerprint density at radius 3 is 2.44 bits per heavy atom. The molecular weight excluding hydrogens is 510 g/mol. The van der Waals surface area contributed by atoms with E-state index >= 15 is 0 Å². The summed E-state index contributed by atoms with van der Waals surface area (Å²) in [5.41, 5.74) is 3.14. The molecule has 0 aliphatic carbocycles. The molecule has 36 heavy (non-hydrogen) atoms. The molecule has 3 rings (SSSR count). The summed E-state index contributed by atoms with van der Waals surface area (Å²) in [4.78, 5) is 50.4. The topological polar surface area (TPSA) is 145 Å². The van der Waals surface area contributed by atoms with E-state index in [1.165, 1.54) is 61.1 Å². The van der Waals surface area contributed by atoms with Gasteiger partial charge in [0.25, 0.3) is 17.7 Å². The van der Waals surface area contributed by atoms with Gasteiger partial charge in [-0.25, -0.2) is 10.4 Å². The largest absolute Gasteiger partial charge is 0.508 e. The fraction of sp³-hybridized carbons (Fsp3) is 0.167. The number of carbonyl (C=O) groups excluding carboxylic acids is 3. The first-order valence-corrected chi connectivity index (χ1v) is 11.8. The number of carboxylic acids is 1. The minimum Gasteiger partial charge on any atom is -0.508 e. The smallest absolute Gasteiger partial charge is 0.322 e. The number of nitrogens with one attached hydrogen (secondary N) is 2. The molecule has 1 heterocycles. The zero-order valence-electron chi connectivity index (χ0n) is 19.1. The maximum atomic E-state index is 13.3. The number of halogens is 1. The molecule has 0 bridgehead atoms. The van der Waals surface area contributed by atoms with Gasteiger partial charge in [0.1, 0.15) is 17.5 Å². The number of hydrazine groups is 1. The van der Waals surface area contributed by atoms with Crippen LogP contribution in [0.4, 0.5) is 0 Å². The number of ether oxygens (including phenoxy) is 1. The van der Waals surface area contributed by atoms with Crippen molar-refractivity contribution in [3.05, 3.63) is 80.5 Å². The lowest BCUT2D eigenvalue weighted by Crippen LogP contribution is -2.53. The Kier molecular flexibility index (Phi) is 8.64. The van der Waals surface area contributed by atoms with Crippen LogP contribution >= 0.6 is 22.9 Å². The van der Waals surface area contributed by atoms with E-state index in [1.807, 2.05) is 0 Å². The number of carboxylic acid groups (broad SMARTS) is 1. The lowest BCUT2D eigenvalue weighted by atomic mass is 10.1. The van der Waals surface area contributed by atoms with Crippen molar-refractivity contribution in [3.8, 4) is 11.5 Å². The van der Waals surface area contributed by atoms with Crippen LogP contribution in [0, 0.1) is 0 Å². The molecular formula is C24H22ClN3O7S. The first-order chi connectivity index (χ1) is 17.1.